The van der Waals surface area contributed by atoms with Crippen LogP contribution >= 0.6 is 0 Å². The molecule has 0 atom stereocenters. The molecule has 0 fully saturated rings. The number of aryl methyl sites for hydroxylation is 1. The van der Waals surface area contributed by atoms with E-state index in [-0.39, 0.29) is 0 Å². The van der Waals surface area contributed by atoms with Crippen molar-refractivity contribution in [1.82, 2.24) is 9.97 Å². The van der Waals surface area contributed by atoms with Gasteiger partial charge >= 0.3 is 0 Å². The molecule has 82 valence electrons. The summed E-state index contributed by atoms with van der Waals surface area (Å²) in [7, 11) is 0. The number of nitrogens with zero attached hydrogens (tertiary/aromatic N) is 2. The lowest BCUT2D eigenvalue weighted by Gasteiger charge is -2.08. The summed E-state index contributed by atoms with van der Waals surface area (Å²) < 4.78 is 0. The van der Waals surface area contributed by atoms with E-state index in [4.69, 9.17) is 5.73 Å². The van der Waals surface area contributed by atoms with E-state index in [1.807, 2.05) is 25.1 Å². The number of rotatable bonds is 3. The van der Waals surface area contributed by atoms with Crippen molar-refractivity contribution in [3.63, 3.8) is 0 Å². The molecule has 1 heterocycles. The molecule has 0 aliphatic carbocycles. The molecule has 0 spiro atoms. The van der Waals surface area contributed by atoms with Gasteiger partial charge in [-0.05, 0) is 12.5 Å². The van der Waals surface area contributed by atoms with Crippen LogP contribution in [0.5, 0.6) is 0 Å². The number of nitrogen functional groups attached to an aromatic ring is 1. The smallest absolute Gasteiger partial charge is 0.153 e. The lowest BCUT2D eigenvalue weighted by molar-refractivity contribution is 1.06. The summed E-state index contributed by atoms with van der Waals surface area (Å²) in [6.07, 6.45) is 1.51. The van der Waals surface area contributed by atoms with Gasteiger partial charge in [-0.2, -0.15) is 0 Å². The van der Waals surface area contributed by atoms with E-state index < -0.39 is 0 Å². The second-order valence-corrected chi connectivity index (χ2v) is 3.56. The number of nitrogens with two attached hydrogens (primary N) is 1. The topological polar surface area (TPSA) is 63.8 Å². The highest BCUT2D eigenvalue weighted by Gasteiger charge is 2.03. The quantitative estimate of drug-likeness (QED) is 0.820. The SMILES string of the molecule is Cc1ncnc(NCc2ccccc2)c1N. The van der Waals surface area contributed by atoms with E-state index in [1.54, 1.807) is 0 Å². The largest absolute Gasteiger partial charge is 0.394 e. The van der Waals surface area contributed by atoms with Gasteiger partial charge in [0.25, 0.3) is 0 Å². The highest BCUT2D eigenvalue weighted by molar-refractivity contribution is 5.62. The van der Waals surface area contributed by atoms with Crippen molar-refractivity contribution in [2.45, 2.75) is 13.5 Å². The predicted molar refractivity (Wildman–Crippen MR) is 65.0 cm³/mol. The fourth-order valence-corrected chi connectivity index (χ4v) is 1.41. The first-order valence-corrected chi connectivity index (χ1v) is 5.12. The van der Waals surface area contributed by atoms with Crippen molar-refractivity contribution < 1.29 is 0 Å². The molecule has 4 heteroatoms. The average Bonchev–Trinajstić information content (AvgIpc) is 2.32. The van der Waals surface area contributed by atoms with Crippen LogP contribution in [0.3, 0.4) is 0 Å². The van der Waals surface area contributed by atoms with Gasteiger partial charge in [0.2, 0.25) is 0 Å². The number of anilines is 2. The van der Waals surface area contributed by atoms with E-state index in [2.05, 4.69) is 27.4 Å². The summed E-state index contributed by atoms with van der Waals surface area (Å²) in [6, 6.07) is 10.1. The Balaban J connectivity index is 2.08. The average molecular weight is 214 g/mol. The monoisotopic (exact) mass is 214 g/mol. The summed E-state index contributed by atoms with van der Waals surface area (Å²) in [5, 5.41) is 3.19. The molecule has 0 amide bonds. The van der Waals surface area contributed by atoms with E-state index in [0.717, 1.165) is 5.69 Å². The molecule has 4 nitrogen and oxygen atoms in total. The zero-order valence-electron chi connectivity index (χ0n) is 9.14. The van der Waals surface area contributed by atoms with Crippen LogP contribution in [0.4, 0.5) is 11.5 Å². The molecule has 0 saturated carbocycles. The molecule has 0 bridgehead atoms. The molecule has 16 heavy (non-hydrogen) atoms. The zero-order chi connectivity index (χ0) is 11.4. The molecule has 2 aromatic rings. The van der Waals surface area contributed by atoms with E-state index in [1.165, 1.54) is 11.9 Å². The Morgan fingerprint density at radius 3 is 2.69 bits per heavy atom. The second-order valence-electron chi connectivity index (χ2n) is 3.56. The zero-order valence-corrected chi connectivity index (χ0v) is 9.14. The van der Waals surface area contributed by atoms with Crippen molar-refractivity contribution in [2.24, 2.45) is 0 Å². The third-order valence-corrected chi connectivity index (χ3v) is 2.39. The highest BCUT2D eigenvalue weighted by Crippen LogP contribution is 2.17. The molecule has 0 aliphatic heterocycles. The first kappa shape index (κ1) is 10.4. The maximum Gasteiger partial charge on any atom is 0.153 e. The minimum absolute atomic E-state index is 0.610. The van der Waals surface area contributed by atoms with Gasteiger partial charge in [-0.3, -0.25) is 0 Å². The van der Waals surface area contributed by atoms with Crippen LogP contribution in [0.15, 0.2) is 36.7 Å². The maximum absolute atomic E-state index is 5.86. The first-order valence-electron chi connectivity index (χ1n) is 5.12. The summed E-state index contributed by atoms with van der Waals surface area (Å²) >= 11 is 0. The molecule has 3 N–H and O–H groups in total. The number of benzene rings is 1. The van der Waals surface area contributed by atoms with Gasteiger partial charge in [0.1, 0.15) is 6.33 Å². The van der Waals surface area contributed by atoms with Crippen molar-refractivity contribution >= 4 is 11.5 Å². The fourth-order valence-electron chi connectivity index (χ4n) is 1.41. The Morgan fingerprint density at radius 2 is 1.94 bits per heavy atom. The Morgan fingerprint density at radius 1 is 1.19 bits per heavy atom. The first-order chi connectivity index (χ1) is 7.77. The van der Waals surface area contributed by atoms with Crippen LogP contribution in [-0.2, 0) is 6.54 Å². The fraction of sp³-hybridized carbons (Fsp3) is 0.167. The van der Waals surface area contributed by atoms with Gasteiger partial charge in [0.05, 0.1) is 11.4 Å². The van der Waals surface area contributed by atoms with Crippen LogP contribution in [0.1, 0.15) is 11.3 Å². The number of hydrogen-bond donors (Lipinski definition) is 2. The third-order valence-electron chi connectivity index (χ3n) is 2.39. The molecule has 1 aromatic carbocycles. The molecule has 2 rings (SSSR count). The van der Waals surface area contributed by atoms with Crippen LogP contribution in [0.2, 0.25) is 0 Å². The Bertz CT molecular complexity index is 468. The van der Waals surface area contributed by atoms with Crippen molar-refractivity contribution in [3.05, 3.63) is 47.9 Å². The van der Waals surface area contributed by atoms with E-state index in [0.29, 0.717) is 18.1 Å². The molecule has 0 aliphatic rings. The predicted octanol–water partition coefficient (Wildman–Crippen LogP) is 1.98. The molecule has 0 radical (unpaired) electrons. The van der Waals surface area contributed by atoms with Crippen LogP contribution in [0, 0.1) is 6.92 Å². The van der Waals surface area contributed by atoms with Gasteiger partial charge in [-0.25, -0.2) is 9.97 Å². The normalized spacial score (nSPS) is 10.1. The number of nitrogens with one attached hydrogen (secondary N) is 1. The van der Waals surface area contributed by atoms with Crippen molar-refractivity contribution in [1.29, 1.82) is 0 Å². The Kier molecular flexibility index (Phi) is 3.00. The van der Waals surface area contributed by atoms with Gasteiger partial charge in [0, 0.05) is 6.54 Å². The molecular weight excluding hydrogens is 200 g/mol. The number of aromatic nitrogens is 2. The summed E-state index contributed by atoms with van der Waals surface area (Å²) in [5.74, 6) is 0.691. The van der Waals surface area contributed by atoms with E-state index >= 15 is 0 Å². The summed E-state index contributed by atoms with van der Waals surface area (Å²) in [6.45, 7) is 2.58. The second kappa shape index (κ2) is 4.61. The van der Waals surface area contributed by atoms with Crippen LogP contribution < -0.4 is 11.1 Å². The van der Waals surface area contributed by atoms with Gasteiger partial charge < -0.3 is 11.1 Å². The minimum atomic E-state index is 0.610. The van der Waals surface area contributed by atoms with Gasteiger partial charge in [-0.15, -0.1) is 0 Å². The van der Waals surface area contributed by atoms with Gasteiger partial charge in [-0.1, -0.05) is 30.3 Å². The lowest BCUT2D eigenvalue weighted by atomic mass is 10.2. The van der Waals surface area contributed by atoms with Crippen LogP contribution in [-0.4, -0.2) is 9.97 Å². The van der Waals surface area contributed by atoms with Gasteiger partial charge in [0.15, 0.2) is 5.82 Å². The Labute approximate surface area is 94.5 Å². The third kappa shape index (κ3) is 2.28. The van der Waals surface area contributed by atoms with E-state index in [9.17, 15) is 0 Å². The summed E-state index contributed by atoms with van der Waals surface area (Å²) in [4.78, 5) is 8.13. The molecule has 0 saturated heterocycles. The molecule has 0 unspecified atom stereocenters. The molecule has 1 aromatic heterocycles. The lowest BCUT2D eigenvalue weighted by Crippen LogP contribution is -2.06. The standard InChI is InChI=1S/C12H14N4/c1-9-11(13)12(16-8-15-9)14-7-10-5-3-2-4-6-10/h2-6,8H,7,13H2,1H3,(H,14,15,16). The van der Waals surface area contributed by atoms with Crippen molar-refractivity contribution in [2.75, 3.05) is 11.1 Å². The highest BCUT2D eigenvalue weighted by atomic mass is 15.0. The number of hydrogen-bond acceptors (Lipinski definition) is 4. The van der Waals surface area contributed by atoms with Crippen LogP contribution in [0.25, 0.3) is 0 Å². The minimum Gasteiger partial charge on any atom is -0.394 e. The van der Waals surface area contributed by atoms with Crippen molar-refractivity contribution in [3.8, 4) is 0 Å². The maximum atomic E-state index is 5.86. The summed E-state index contributed by atoms with van der Waals surface area (Å²) in [5.41, 5.74) is 8.46. The Hall–Kier alpha value is -2.10. The molecular formula is C12H14N4.